The summed E-state index contributed by atoms with van der Waals surface area (Å²) in [5.41, 5.74) is -1.39. The van der Waals surface area contributed by atoms with Gasteiger partial charge in [0.2, 0.25) is 0 Å². The first kappa shape index (κ1) is 17.4. The quantitative estimate of drug-likeness (QED) is 0.357. The molecule has 1 atom stereocenters. The largest absolute Gasteiger partial charge is 0.481 e. The van der Waals surface area contributed by atoms with E-state index in [2.05, 4.69) is 4.99 Å². The molecule has 0 bridgehead atoms. The number of halogens is 4. The van der Waals surface area contributed by atoms with E-state index in [1.807, 2.05) is 0 Å². The molecule has 1 aliphatic heterocycles. The molecule has 3 nitrogen and oxygen atoms in total. The first-order valence-electron chi connectivity index (χ1n) is 7.34. The highest BCUT2D eigenvalue weighted by Crippen LogP contribution is 2.47. The summed E-state index contributed by atoms with van der Waals surface area (Å²) in [6.07, 6.45) is 1.96. The lowest BCUT2D eigenvalue weighted by molar-refractivity contribution is -0.137. The van der Waals surface area contributed by atoms with Crippen LogP contribution in [-0.2, 0) is 10.2 Å². The summed E-state index contributed by atoms with van der Waals surface area (Å²) in [7, 11) is 0. The minimum Gasteiger partial charge on any atom is -0.481 e. The molecule has 1 aliphatic rings. The van der Waals surface area contributed by atoms with Crippen LogP contribution in [0.5, 0.6) is 0 Å². The SMILES string of the molecule is CC1=Nc2c(F)c(F)c(F)c(F)c2C1(C)CCCCCC(=O)O. The number of hydrogen-bond acceptors (Lipinski definition) is 2. The van der Waals surface area contributed by atoms with Crippen LogP contribution >= 0.6 is 0 Å². The monoisotopic (exact) mass is 331 g/mol. The summed E-state index contributed by atoms with van der Waals surface area (Å²) in [4.78, 5) is 14.4. The van der Waals surface area contributed by atoms with Gasteiger partial charge in [0.25, 0.3) is 0 Å². The van der Waals surface area contributed by atoms with Crippen LogP contribution in [0, 0.1) is 23.3 Å². The van der Waals surface area contributed by atoms with Gasteiger partial charge in [-0.1, -0.05) is 19.8 Å². The van der Waals surface area contributed by atoms with Crippen molar-refractivity contribution in [3.8, 4) is 0 Å². The Balaban J connectivity index is 2.26. The Kier molecular flexibility index (Phi) is 4.77. The molecule has 7 heteroatoms. The molecule has 1 aromatic carbocycles. The zero-order valence-electron chi connectivity index (χ0n) is 12.9. The van der Waals surface area contributed by atoms with Crippen molar-refractivity contribution in [2.45, 2.75) is 51.4 Å². The predicted molar refractivity (Wildman–Crippen MR) is 77.1 cm³/mol. The Morgan fingerprint density at radius 1 is 1.04 bits per heavy atom. The standard InChI is InChI=1S/C16H17F4NO2/c1-8-16(2,7-5-3-4-6-9(22)23)10-11(17)12(18)13(19)14(20)15(10)21-8/h3-7H2,1-2H3,(H,22,23). The van der Waals surface area contributed by atoms with E-state index >= 15 is 0 Å². The number of benzene rings is 1. The Morgan fingerprint density at radius 3 is 2.26 bits per heavy atom. The first-order chi connectivity index (χ1) is 10.7. The Hall–Kier alpha value is -1.92. The maximum absolute atomic E-state index is 14.2. The van der Waals surface area contributed by atoms with Crippen LogP contribution in [0.3, 0.4) is 0 Å². The van der Waals surface area contributed by atoms with Crippen molar-refractivity contribution < 1.29 is 27.5 Å². The van der Waals surface area contributed by atoms with Crippen LogP contribution in [0.4, 0.5) is 23.2 Å². The third-order valence-corrected chi connectivity index (χ3v) is 4.44. The Bertz CT molecular complexity index is 687. The number of fused-ring (bicyclic) bond motifs is 1. The number of rotatable bonds is 6. The molecule has 0 aromatic heterocycles. The molecule has 1 N–H and O–H groups in total. The molecule has 0 spiro atoms. The lowest BCUT2D eigenvalue weighted by Gasteiger charge is -2.26. The van der Waals surface area contributed by atoms with Gasteiger partial charge in [0.15, 0.2) is 23.3 Å². The van der Waals surface area contributed by atoms with Gasteiger partial charge in [0, 0.05) is 23.1 Å². The van der Waals surface area contributed by atoms with Crippen LogP contribution in [0.2, 0.25) is 0 Å². The van der Waals surface area contributed by atoms with Gasteiger partial charge in [-0.3, -0.25) is 9.79 Å². The molecule has 1 aromatic rings. The molecule has 0 amide bonds. The van der Waals surface area contributed by atoms with E-state index in [1.54, 1.807) is 13.8 Å². The van der Waals surface area contributed by atoms with Gasteiger partial charge in [-0.2, -0.15) is 0 Å². The number of hydrogen-bond donors (Lipinski definition) is 1. The van der Waals surface area contributed by atoms with E-state index in [1.165, 1.54) is 0 Å². The molecule has 126 valence electrons. The topological polar surface area (TPSA) is 49.7 Å². The molecule has 0 saturated heterocycles. The molecule has 0 fully saturated rings. The number of carboxylic acids is 1. The minimum absolute atomic E-state index is 0.0310. The van der Waals surface area contributed by atoms with E-state index in [0.717, 1.165) is 0 Å². The molecular weight excluding hydrogens is 314 g/mol. The van der Waals surface area contributed by atoms with Crippen LogP contribution in [0.1, 0.15) is 51.5 Å². The van der Waals surface area contributed by atoms with Gasteiger partial charge in [0.05, 0.1) is 0 Å². The summed E-state index contributed by atoms with van der Waals surface area (Å²) in [5, 5.41) is 8.58. The van der Waals surface area contributed by atoms with Crippen molar-refractivity contribution in [1.29, 1.82) is 0 Å². The van der Waals surface area contributed by atoms with Gasteiger partial charge in [-0.05, 0) is 19.8 Å². The highest BCUT2D eigenvalue weighted by atomic mass is 19.2. The van der Waals surface area contributed by atoms with Crippen LogP contribution in [0.15, 0.2) is 4.99 Å². The van der Waals surface area contributed by atoms with E-state index < -0.39 is 40.3 Å². The molecule has 1 unspecified atom stereocenters. The predicted octanol–water partition coefficient (Wildman–Crippen LogP) is 4.64. The highest BCUT2D eigenvalue weighted by Gasteiger charge is 2.43. The summed E-state index contributed by atoms with van der Waals surface area (Å²) in [6, 6.07) is 0. The van der Waals surface area contributed by atoms with Gasteiger partial charge < -0.3 is 5.11 Å². The van der Waals surface area contributed by atoms with E-state index in [4.69, 9.17) is 5.11 Å². The molecule has 0 radical (unpaired) electrons. The third kappa shape index (κ3) is 2.96. The van der Waals surface area contributed by atoms with Crippen molar-refractivity contribution in [3.05, 3.63) is 28.8 Å². The zero-order valence-corrected chi connectivity index (χ0v) is 12.9. The van der Waals surface area contributed by atoms with Crippen molar-refractivity contribution in [2.75, 3.05) is 0 Å². The van der Waals surface area contributed by atoms with Crippen LogP contribution in [-0.4, -0.2) is 16.8 Å². The van der Waals surface area contributed by atoms with Crippen LogP contribution in [0.25, 0.3) is 0 Å². The van der Waals surface area contributed by atoms with E-state index in [9.17, 15) is 22.4 Å². The summed E-state index contributed by atoms with van der Waals surface area (Å²) >= 11 is 0. The molecule has 0 aliphatic carbocycles. The highest BCUT2D eigenvalue weighted by molar-refractivity contribution is 6.00. The molecule has 23 heavy (non-hydrogen) atoms. The van der Waals surface area contributed by atoms with Crippen molar-refractivity contribution in [2.24, 2.45) is 4.99 Å². The van der Waals surface area contributed by atoms with Gasteiger partial charge in [0.1, 0.15) is 5.69 Å². The summed E-state index contributed by atoms with van der Waals surface area (Å²) < 4.78 is 54.9. The number of nitrogens with zero attached hydrogens (tertiary/aromatic N) is 1. The number of carboxylic acid groups (broad SMARTS) is 1. The van der Waals surface area contributed by atoms with Crippen molar-refractivity contribution in [1.82, 2.24) is 0 Å². The lowest BCUT2D eigenvalue weighted by atomic mass is 9.75. The number of aliphatic carboxylic acids is 1. The van der Waals surface area contributed by atoms with E-state index in [0.29, 0.717) is 31.4 Å². The second-order valence-electron chi connectivity index (χ2n) is 5.96. The van der Waals surface area contributed by atoms with Crippen LogP contribution < -0.4 is 0 Å². The fourth-order valence-corrected chi connectivity index (χ4v) is 2.94. The Labute approximate surface area is 131 Å². The second kappa shape index (κ2) is 6.29. The molecule has 1 heterocycles. The third-order valence-electron chi connectivity index (χ3n) is 4.44. The average molecular weight is 331 g/mol. The maximum atomic E-state index is 14.2. The summed E-state index contributed by atoms with van der Waals surface area (Å²) in [5.74, 6) is -7.47. The Morgan fingerprint density at radius 2 is 1.65 bits per heavy atom. The molecule has 2 rings (SSSR count). The zero-order chi connectivity index (χ0) is 17.4. The maximum Gasteiger partial charge on any atom is 0.303 e. The second-order valence-corrected chi connectivity index (χ2v) is 5.96. The van der Waals surface area contributed by atoms with Gasteiger partial charge in [-0.15, -0.1) is 0 Å². The van der Waals surface area contributed by atoms with Crippen molar-refractivity contribution in [3.63, 3.8) is 0 Å². The molecule has 0 saturated carbocycles. The number of carbonyl (C=O) groups is 1. The van der Waals surface area contributed by atoms with Gasteiger partial charge in [-0.25, -0.2) is 17.6 Å². The smallest absolute Gasteiger partial charge is 0.303 e. The first-order valence-corrected chi connectivity index (χ1v) is 7.34. The summed E-state index contributed by atoms with van der Waals surface area (Å²) in [6.45, 7) is 3.17. The van der Waals surface area contributed by atoms with E-state index in [-0.39, 0.29) is 12.0 Å². The van der Waals surface area contributed by atoms with Gasteiger partial charge >= 0.3 is 5.97 Å². The fourth-order valence-electron chi connectivity index (χ4n) is 2.94. The number of aliphatic imine (C=N–C) groups is 1. The normalized spacial score (nSPS) is 19.7. The molecular formula is C16H17F4NO2. The number of unbranched alkanes of at least 4 members (excludes halogenated alkanes) is 2. The fraction of sp³-hybridized carbons (Fsp3) is 0.500. The lowest BCUT2D eigenvalue weighted by Crippen LogP contribution is -2.29. The average Bonchev–Trinajstić information content (AvgIpc) is 2.75. The minimum atomic E-state index is -1.86. The van der Waals surface area contributed by atoms with Crippen molar-refractivity contribution >= 4 is 17.4 Å².